The van der Waals surface area contributed by atoms with E-state index in [0.717, 1.165) is 19.3 Å². The average molecular weight is 210 g/mol. The highest BCUT2D eigenvalue weighted by atomic mass is 16.5. The quantitative estimate of drug-likeness (QED) is 0.715. The van der Waals surface area contributed by atoms with Crippen LogP contribution in [0, 0.1) is 5.92 Å². The summed E-state index contributed by atoms with van der Waals surface area (Å²) in [6.45, 7) is 2.21. The first-order valence-electron chi connectivity index (χ1n) is 6.46. The van der Waals surface area contributed by atoms with E-state index in [1.165, 1.54) is 25.7 Å². The second-order valence-corrected chi connectivity index (χ2v) is 5.03. The Labute approximate surface area is 92.4 Å². The molecule has 0 aromatic heterocycles. The minimum Gasteiger partial charge on any atom is -0.374 e. The van der Waals surface area contributed by atoms with E-state index >= 15 is 0 Å². The molecule has 2 nitrogen and oxygen atoms in total. The Morgan fingerprint density at radius 2 is 2.00 bits per heavy atom. The van der Waals surface area contributed by atoms with E-state index in [4.69, 9.17) is 4.74 Å². The monoisotopic (exact) mass is 210 g/mol. The van der Waals surface area contributed by atoms with Crippen LogP contribution in [0.25, 0.3) is 0 Å². The highest BCUT2D eigenvalue weighted by Gasteiger charge is 2.31. The summed E-state index contributed by atoms with van der Waals surface area (Å²) < 4.78 is 6.11. The van der Waals surface area contributed by atoms with Crippen LogP contribution in [-0.2, 0) is 9.53 Å². The van der Waals surface area contributed by atoms with Crippen LogP contribution in [0.4, 0.5) is 0 Å². The molecule has 2 aliphatic carbocycles. The van der Waals surface area contributed by atoms with Gasteiger partial charge in [-0.2, -0.15) is 0 Å². The van der Waals surface area contributed by atoms with E-state index in [9.17, 15) is 4.79 Å². The molecule has 0 aromatic rings. The number of carbonyl (C=O) groups is 1. The van der Waals surface area contributed by atoms with Gasteiger partial charge in [-0.1, -0.05) is 26.2 Å². The van der Waals surface area contributed by atoms with Crippen LogP contribution >= 0.6 is 0 Å². The Morgan fingerprint density at radius 1 is 1.27 bits per heavy atom. The average Bonchev–Trinajstić information content (AvgIpc) is 2.71. The van der Waals surface area contributed by atoms with Crippen molar-refractivity contribution >= 4 is 5.78 Å². The Balaban J connectivity index is 1.88. The molecule has 0 bridgehead atoms. The van der Waals surface area contributed by atoms with Crippen molar-refractivity contribution in [2.75, 3.05) is 0 Å². The number of carbonyl (C=O) groups excluding carboxylic acids is 1. The maximum atomic E-state index is 11.4. The van der Waals surface area contributed by atoms with Crippen molar-refractivity contribution in [1.82, 2.24) is 0 Å². The fourth-order valence-corrected chi connectivity index (χ4v) is 2.92. The molecule has 0 aliphatic heterocycles. The second-order valence-electron chi connectivity index (χ2n) is 5.03. The van der Waals surface area contributed by atoms with Crippen LogP contribution < -0.4 is 0 Å². The predicted molar refractivity (Wildman–Crippen MR) is 59.8 cm³/mol. The van der Waals surface area contributed by atoms with Crippen molar-refractivity contribution < 1.29 is 9.53 Å². The first-order chi connectivity index (χ1) is 7.29. The fourth-order valence-electron chi connectivity index (χ4n) is 2.92. The Bertz CT molecular complexity index is 219. The summed E-state index contributed by atoms with van der Waals surface area (Å²) in [6, 6.07) is 0. The lowest BCUT2D eigenvalue weighted by atomic mass is 9.84. The molecule has 2 saturated carbocycles. The van der Waals surface area contributed by atoms with E-state index in [-0.39, 0.29) is 6.10 Å². The van der Waals surface area contributed by atoms with Crippen LogP contribution in [0.5, 0.6) is 0 Å². The zero-order chi connectivity index (χ0) is 10.7. The van der Waals surface area contributed by atoms with Gasteiger partial charge in [0.25, 0.3) is 0 Å². The molecule has 15 heavy (non-hydrogen) atoms. The van der Waals surface area contributed by atoms with Crippen LogP contribution in [0.1, 0.15) is 58.3 Å². The lowest BCUT2D eigenvalue weighted by Crippen LogP contribution is -2.34. The molecule has 2 atom stereocenters. The fraction of sp³-hybridized carbons (Fsp3) is 0.923. The van der Waals surface area contributed by atoms with Gasteiger partial charge in [-0.25, -0.2) is 0 Å². The highest BCUT2D eigenvalue weighted by Crippen LogP contribution is 2.31. The number of Topliss-reactive ketones (excluding diaryl/α,β-unsaturated/α-hetero) is 1. The minimum atomic E-state index is 0.236. The zero-order valence-electron chi connectivity index (χ0n) is 9.71. The van der Waals surface area contributed by atoms with Gasteiger partial charge in [0.05, 0.1) is 12.2 Å². The molecule has 86 valence electrons. The van der Waals surface area contributed by atoms with Crippen molar-refractivity contribution in [3.05, 3.63) is 0 Å². The van der Waals surface area contributed by atoms with Gasteiger partial charge in [-0.15, -0.1) is 0 Å². The summed E-state index contributed by atoms with van der Waals surface area (Å²) in [5.74, 6) is 1.03. The molecule has 2 fully saturated rings. The van der Waals surface area contributed by atoms with Gasteiger partial charge in [0.1, 0.15) is 5.78 Å². The molecule has 2 aliphatic rings. The lowest BCUT2D eigenvalue weighted by molar-refractivity contribution is -0.130. The molecule has 0 N–H and O–H groups in total. The summed E-state index contributed by atoms with van der Waals surface area (Å²) >= 11 is 0. The predicted octanol–water partition coefficient (Wildman–Crippen LogP) is 3.09. The first-order valence-corrected chi connectivity index (χ1v) is 6.46. The molecule has 0 heterocycles. The SMILES string of the molecule is CCC1CCC(=O)CC1OC1CCCC1. The van der Waals surface area contributed by atoms with Crippen LogP contribution in [-0.4, -0.2) is 18.0 Å². The Hall–Kier alpha value is -0.370. The van der Waals surface area contributed by atoms with E-state index < -0.39 is 0 Å². The summed E-state index contributed by atoms with van der Waals surface area (Å²) in [5, 5.41) is 0. The molecular weight excluding hydrogens is 188 g/mol. The van der Waals surface area contributed by atoms with Crippen LogP contribution in [0.15, 0.2) is 0 Å². The largest absolute Gasteiger partial charge is 0.374 e. The molecule has 0 amide bonds. The highest BCUT2D eigenvalue weighted by molar-refractivity contribution is 5.79. The Morgan fingerprint density at radius 3 is 2.67 bits per heavy atom. The maximum absolute atomic E-state index is 11.4. The topological polar surface area (TPSA) is 26.3 Å². The Kier molecular flexibility index (Phi) is 3.79. The van der Waals surface area contributed by atoms with Crippen LogP contribution in [0.2, 0.25) is 0 Å². The molecule has 0 spiro atoms. The van der Waals surface area contributed by atoms with Gasteiger partial charge in [0.2, 0.25) is 0 Å². The molecule has 0 radical (unpaired) electrons. The van der Waals surface area contributed by atoms with Gasteiger partial charge in [-0.05, 0) is 25.2 Å². The second kappa shape index (κ2) is 5.11. The summed E-state index contributed by atoms with van der Waals surface area (Å²) in [4.78, 5) is 11.4. The van der Waals surface area contributed by atoms with E-state index in [0.29, 0.717) is 24.2 Å². The van der Waals surface area contributed by atoms with E-state index in [1.54, 1.807) is 0 Å². The van der Waals surface area contributed by atoms with Crippen molar-refractivity contribution in [2.24, 2.45) is 5.92 Å². The third kappa shape index (κ3) is 2.81. The summed E-state index contributed by atoms with van der Waals surface area (Å²) in [6.07, 6.45) is 9.39. The number of hydrogen-bond donors (Lipinski definition) is 0. The smallest absolute Gasteiger partial charge is 0.135 e. The minimum absolute atomic E-state index is 0.236. The molecule has 0 aromatic carbocycles. The van der Waals surface area contributed by atoms with Gasteiger partial charge < -0.3 is 4.74 Å². The van der Waals surface area contributed by atoms with Gasteiger partial charge in [0.15, 0.2) is 0 Å². The molecular formula is C13H22O2. The van der Waals surface area contributed by atoms with Crippen molar-refractivity contribution in [2.45, 2.75) is 70.5 Å². The van der Waals surface area contributed by atoms with Crippen molar-refractivity contribution in [3.63, 3.8) is 0 Å². The van der Waals surface area contributed by atoms with Gasteiger partial charge in [-0.3, -0.25) is 4.79 Å². The number of ketones is 1. The third-order valence-electron chi connectivity index (χ3n) is 3.94. The first kappa shape index (κ1) is 11.1. The molecule has 2 heteroatoms. The standard InChI is InChI=1S/C13H22O2/c1-2-10-7-8-11(14)9-13(10)15-12-5-3-4-6-12/h10,12-13H,2-9H2,1H3. The van der Waals surface area contributed by atoms with Gasteiger partial charge in [0, 0.05) is 12.8 Å². The summed E-state index contributed by atoms with van der Waals surface area (Å²) in [5.41, 5.74) is 0. The maximum Gasteiger partial charge on any atom is 0.135 e. The third-order valence-corrected chi connectivity index (χ3v) is 3.94. The number of hydrogen-bond acceptors (Lipinski definition) is 2. The lowest BCUT2D eigenvalue weighted by Gasteiger charge is -2.32. The zero-order valence-corrected chi connectivity index (χ0v) is 9.71. The normalized spacial score (nSPS) is 33.5. The molecule has 0 saturated heterocycles. The molecule has 2 rings (SSSR count). The van der Waals surface area contributed by atoms with Crippen molar-refractivity contribution in [3.8, 4) is 0 Å². The molecule has 2 unspecified atom stereocenters. The van der Waals surface area contributed by atoms with Crippen LogP contribution in [0.3, 0.4) is 0 Å². The van der Waals surface area contributed by atoms with Crippen molar-refractivity contribution in [1.29, 1.82) is 0 Å². The number of ether oxygens (including phenoxy) is 1. The number of rotatable bonds is 3. The summed E-state index contributed by atoms with van der Waals surface area (Å²) in [7, 11) is 0. The van der Waals surface area contributed by atoms with E-state index in [2.05, 4.69) is 6.92 Å². The van der Waals surface area contributed by atoms with Gasteiger partial charge >= 0.3 is 0 Å². The van der Waals surface area contributed by atoms with E-state index in [1.807, 2.05) is 0 Å².